The number of amides is 1. The molecule has 24 heavy (non-hydrogen) atoms. The van der Waals surface area contributed by atoms with Crippen LogP contribution in [0.25, 0.3) is 10.9 Å². The van der Waals surface area contributed by atoms with Gasteiger partial charge in [0.05, 0.1) is 6.10 Å². The van der Waals surface area contributed by atoms with Gasteiger partial charge >= 0.3 is 0 Å². The average molecular weight is 330 g/mol. The number of hydrogen-bond acceptors (Lipinski definition) is 3. The lowest BCUT2D eigenvalue weighted by Crippen LogP contribution is -2.41. The fraction of sp³-hybridized carbons (Fsp3) is 0.526. The number of hydrogen-bond donors (Lipinski definition) is 2. The van der Waals surface area contributed by atoms with E-state index in [0.29, 0.717) is 19.4 Å². The molecule has 0 aliphatic carbocycles. The number of rotatable bonds is 7. The lowest BCUT2D eigenvalue weighted by molar-refractivity contribution is -0.133. The van der Waals surface area contributed by atoms with E-state index in [1.807, 2.05) is 23.2 Å². The summed E-state index contributed by atoms with van der Waals surface area (Å²) < 4.78 is 5.72. The lowest BCUT2D eigenvalue weighted by Gasteiger charge is -2.32. The van der Waals surface area contributed by atoms with Crippen LogP contribution >= 0.6 is 0 Å². The van der Waals surface area contributed by atoms with Gasteiger partial charge in [-0.15, -0.1) is 0 Å². The summed E-state index contributed by atoms with van der Waals surface area (Å²) in [6.07, 6.45) is 6.04. The van der Waals surface area contributed by atoms with Gasteiger partial charge in [0.1, 0.15) is 0 Å². The topological polar surface area (TPSA) is 65.6 Å². The van der Waals surface area contributed by atoms with Crippen molar-refractivity contribution >= 4 is 16.8 Å². The van der Waals surface area contributed by atoms with Crippen LogP contribution in [0, 0.1) is 0 Å². The van der Waals surface area contributed by atoms with Crippen LogP contribution in [0.1, 0.15) is 31.2 Å². The van der Waals surface area contributed by atoms with Gasteiger partial charge in [0.25, 0.3) is 0 Å². The minimum absolute atomic E-state index is 0.172. The first-order valence-electron chi connectivity index (χ1n) is 8.83. The number of aliphatic hydroxyl groups is 1. The fourth-order valence-electron chi connectivity index (χ4n) is 3.32. The predicted octanol–water partition coefficient (Wildman–Crippen LogP) is 2.49. The zero-order chi connectivity index (χ0) is 16.8. The van der Waals surface area contributed by atoms with Gasteiger partial charge in [-0.05, 0) is 37.3 Å². The molecule has 0 atom stereocenters. The molecule has 130 valence electrons. The highest BCUT2D eigenvalue weighted by Gasteiger charge is 2.23. The van der Waals surface area contributed by atoms with Crippen LogP contribution in [0.15, 0.2) is 30.5 Å². The fourth-order valence-corrected chi connectivity index (χ4v) is 3.32. The van der Waals surface area contributed by atoms with E-state index in [1.54, 1.807) is 0 Å². The summed E-state index contributed by atoms with van der Waals surface area (Å²) >= 11 is 0. The second-order valence-electron chi connectivity index (χ2n) is 6.39. The molecule has 1 saturated heterocycles. The van der Waals surface area contributed by atoms with Gasteiger partial charge in [-0.2, -0.15) is 0 Å². The van der Waals surface area contributed by atoms with Crippen LogP contribution in [0.4, 0.5) is 0 Å². The first-order chi connectivity index (χ1) is 11.8. The van der Waals surface area contributed by atoms with Crippen molar-refractivity contribution in [2.45, 2.75) is 38.2 Å². The van der Waals surface area contributed by atoms with E-state index in [-0.39, 0.29) is 18.6 Å². The number of carbonyl (C=O) groups is 1. The van der Waals surface area contributed by atoms with Gasteiger partial charge in [-0.3, -0.25) is 4.79 Å². The SMILES string of the molecule is O=C(CCc1c[nH]c2ccccc12)N1CCC(OCCCO)CC1. The normalized spacial score (nSPS) is 16.0. The molecule has 1 aromatic heterocycles. The van der Waals surface area contributed by atoms with Crippen LogP contribution in [0.2, 0.25) is 0 Å². The van der Waals surface area contributed by atoms with Crippen molar-refractivity contribution in [3.8, 4) is 0 Å². The van der Waals surface area contributed by atoms with E-state index in [2.05, 4.69) is 17.1 Å². The number of para-hydroxylation sites is 1. The molecule has 5 heteroatoms. The zero-order valence-corrected chi connectivity index (χ0v) is 14.0. The highest BCUT2D eigenvalue weighted by Crippen LogP contribution is 2.20. The molecule has 1 fully saturated rings. The lowest BCUT2D eigenvalue weighted by atomic mass is 10.1. The minimum atomic E-state index is 0.172. The molecule has 0 radical (unpaired) electrons. The van der Waals surface area contributed by atoms with Crippen LogP contribution in [-0.2, 0) is 16.0 Å². The van der Waals surface area contributed by atoms with E-state index in [0.717, 1.165) is 37.9 Å². The van der Waals surface area contributed by atoms with Crippen LogP contribution in [0.3, 0.4) is 0 Å². The number of aryl methyl sites for hydroxylation is 1. The van der Waals surface area contributed by atoms with Crippen molar-refractivity contribution in [2.24, 2.45) is 0 Å². The minimum Gasteiger partial charge on any atom is -0.396 e. The molecule has 0 unspecified atom stereocenters. The number of fused-ring (bicyclic) bond motifs is 1. The molecule has 2 aromatic rings. The van der Waals surface area contributed by atoms with Crippen molar-refractivity contribution in [1.29, 1.82) is 0 Å². The summed E-state index contributed by atoms with van der Waals surface area (Å²) in [6.45, 7) is 2.33. The van der Waals surface area contributed by atoms with Crippen LogP contribution in [0.5, 0.6) is 0 Å². The molecule has 1 aliphatic rings. The number of nitrogens with one attached hydrogen (secondary N) is 1. The number of aromatic nitrogens is 1. The Balaban J connectivity index is 1.44. The molecular weight excluding hydrogens is 304 g/mol. The van der Waals surface area contributed by atoms with Crippen molar-refractivity contribution in [3.05, 3.63) is 36.0 Å². The summed E-state index contributed by atoms with van der Waals surface area (Å²) in [5, 5.41) is 9.99. The molecular formula is C19H26N2O3. The molecule has 0 saturated carbocycles. The van der Waals surface area contributed by atoms with Crippen molar-refractivity contribution < 1.29 is 14.6 Å². The summed E-state index contributed by atoms with van der Waals surface area (Å²) in [6, 6.07) is 8.20. The number of aromatic amines is 1. The standard InChI is InChI=1S/C19H26N2O3/c22-12-3-13-24-16-8-10-21(11-9-16)19(23)7-6-15-14-20-18-5-2-1-4-17(15)18/h1-2,4-5,14,16,20,22H,3,6-13H2. The van der Waals surface area contributed by atoms with Gasteiger partial charge in [-0.25, -0.2) is 0 Å². The van der Waals surface area contributed by atoms with Gasteiger partial charge in [-0.1, -0.05) is 18.2 Å². The molecule has 0 spiro atoms. The Bertz CT molecular complexity index is 659. The summed E-state index contributed by atoms with van der Waals surface area (Å²) in [4.78, 5) is 17.7. The molecule has 5 nitrogen and oxygen atoms in total. The van der Waals surface area contributed by atoms with Gasteiger partial charge in [0.15, 0.2) is 0 Å². The van der Waals surface area contributed by atoms with Crippen LogP contribution < -0.4 is 0 Å². The van der Waals surface area contributed by atoms with E-state index < -0.39 is 0 Å². The number of ether oxygens (including phenoxy) is 1. The van der Waals surface area contributed by atoms with E-state index in [1.165, 1.54) is 10.9 Å². The molecule has 2 heterocycles. The largest absolute Gasteiger partial charge is 0.396 e. The number of likely N-dealkylation sites (tertiary alicyclic amines) is 1. The molecule has 1 aliphatic heterocycles. The third kappa shape index (κ3) is 4.16. The molecule has 2 N–H and O–H groups in total. The van der Waals surface area contributed by atoms with Gasteiger partial charge in [0, 0.05) is 49.8 Å². The molecule has 3 rings (SSSR count). The number of piperidine rings is 1. The van der Waals surface area contributed by atoms with Gasteiger partial charge in [0.2, 0.25) is 5.91 Å². The average Bonchev–Trinajstić information content (AvgIpc) is 3.04. The van der Waals surface area contributed by atoms with E-state index in [4.69, 9.17) is 9.84 Å². The highest BCUT2D eigenvalue weighted by atomic mass is 16.5. The predicted molar refractivity (Wildman–Crippen MR) is 93.9 cm³/mol. The molecule has 1 amide bonds. The van der Waals surface area contributed by atoms with Crippen molar-refractivity contribution in [1.82, 2.24) is 9.88 Å². The third-order valence-corrected chi connectivity index (χ3v) is 4.73. The maximum absolute atomic E-state index is 12.4. The summed E-state index contributed by atoms with van der Waals surface area (Å²) in [5.41, 5.74) is 2.34. The Morgan fingerprint density at radius 1 is 1.29 bits per heavy atom. The highest BCUT2D eigenvalue weighted by molar-refractivity contribution is 5.84. The number of H-pyrrole nitrogens is 1. The number of carbonyl (C=O) groups excluding carboxylic acids is 1. The van der Waals surface area contributed by atoms with E-state index in [9.17, 15) is 4.79 Å². The maximum Gasteiger partial charge on any atom is 0.222 e. The second kappa shape index (κ2) is 8.31. The Labute approximate surface area is 142 Å². The van der Waals surface area contributed by atoms with E-state index >= 15 is 0 Å². The van der Waals surface area contributed by atoms with Crippen molar-refractivity contribution in [2.75, 3.05) is 26.3 Å². The first kappa shape index (κ1) is 17.0. The molecule has 1 aromatic carbocycles. The quantitative estimate of drug-likeness (QED) is 0.767. The number of benzene rings is 1. The van der Waals surface area contributed by atoms with Crippen molar-refractivity contribution in [3.63, 3.8) is 0 Å². The third-order valence-electron chi connectivity index (χ3n) is 4.73. The molecule has 0 bridgehead atoms. The second-order valence-corrected chi connectivity index (χ2v) is 6.39. The Morgan fingerprint density at radius 3 is 2.88 bits per heavy atom. The zero-order valence-electron chi connectivity index (χ0n) is 14.0. The number of nitrogens with zero attached hydrogens (tertiary/aromatic N) is 1. The Kier molecular flexibility index (Phi) is 5.88. The van der Waals surface area contributed by atoms with Crippen LogP contribution in [-0.4, -0.2) is 53.3 Å². The summed E-state index contributed by atoms with van der Waals surface area (Å²) in [5.74, 6) is 0.231. The smallest absolute Gasteiger partial charge is 0.222 e. The summed E-state index contributed by atoms with van der Waals surface area (Å²) in [7, 11) is 0. The Morgan fingerprint density at radius 2 is 2.08 bits per heavy atom. The van der Waals surface area contributed by atoms with Gasteiger partial charge < -0.3 is 19.7 Å². The Hall–Kier alpha value is -1.85. The first-order valence-corrected chi connectivity index (χ1v) is 8.83. The monoisotopic (exact) mass is 330 g/mol. The maximum atomic E-state index is 12.4. The number of aliphatic hydroxyl groups excluding tert-OH is 1.